The molecule has 0 saturated heterocycles. The summed E-state index contributed by atoms with van der Waals surface area (Å²) >= 11 is 12.4. The quantitative estimate of drug-likeness (QED) is 0.702. The number of para-hydroxylation sites is 1. The molecule has 0 aliphatic rings. The number of imidazole rings is 1. The molecule has 0 radical (unpaired) electrons. The molecule has 2 N–H and O–H groups in total. The van der Waals surface area contributed by atoms with Crippen molar-refractivity contribution in [2.45, 2.75) is 13.5 Å². The predicted octanol–water partition coefficient (Wildman–Crippen LogP) is 4.61. The van der Waals surface area contributed by atoms with E-state index in [4.69, 9.17) is 28.9 Å². The van der Waals surface area contributed by atoms with Gasteiger partial charge in [0.15, 0.2) is 0 Å². The highest BCUT2D eigenvalue weighted by Gasteiger charge is 2.14. The minimum Gasteiger partial charge on any atom is -0.398 e. The van der Waals surface area contributed by atoms with E-state index in [9.17, 15) is 0 Å². The summed E-state index contributed by atoms with van der Waals surface area (Å²) in [7, 11) is 0. The van der Waals surface area contributed by atoms with Crippen LogP contribution in [0.25, 0.3) is 22.4 Å². The highest BCUT2D eigenvalue weighted by atomic mass is 35.5. The molecule has 0 saturated carbocycles. The summed E-state index contributed by atoms with van der Waals surface area (Å²) < 4.78 is 2.08. The van der Waals surface area contributed by atoms with Gasteiger partial charge < -0.3 is 10.3 Å². The first kappa shape index (κ1) is 13.3. The van der Waals surface area contributed by atoms with E-state index < -0.39 is 0 Å². The number of nitrogens with two attached hydrogens (primary N) is 1. The fourth-order valence-electron chi connectivity index (χ4n) is 2.34. The maximum absolute atomic E-state index is 6.29. The molecule has 3 nitrogen and oxygen atoms in total. The topological polar surface area (TPSA) is 43.8 Å². The summed E-state index contributed by atoms with van der Waals surface area (Å²) in [6.07, 6.45) is 0. The molecule has 3 rings (SSSR count). The van der Waals surface area contributed by atoms with Gasteiger partial charge in [0.25, 0.3) is 0 Å². The van der Waals surface area contributed by atoms with Crippen LogP contribution >= 0.6 is 23.2 Å². The Labute approximate surface area is 126 Å². The second-order valence-corrected chi connectivity index (χ2v) is 5.34. The highest BCUT2D eigenvalue weighted by Crippen LogP contribution is 2.31. The average molecular weight is 306 g/mol. The first-order valence-corrected chi connectivity index (χ1v) is 7.07. The van der Waals surface area contributed by atoms with Gasteiger partial charge in [0.2, 0.25) is 0 Å². The van der Waals surface area contributed by atoms with E-state index >= 15 is 0 Å². The van der Waals surface area contributed by atoms with Crippen LogP contribution in [0.4, 0.5) is 5.69 Å². The number of nitrogens with zero attached hydrogens (tertiary/aromatic N) is 2. The molecule has 0 aliphatic heterocycles. The zero-order valence-electron chi connectivity index (χ0n) is 10.9. The molecule has 0 amide bonds. The number of anilines is 1. The maximum Gasteiger partial charge on any atom is 0.141 e. The van der Waals surface area contributed by atoms with Gasteiger partial charge in [-0.15, -0.1) is 0 Å². The van der Waals surface area contributed by atoms with E-state index in [1.54, 1.807) is 6.07 Å². The maximum atomic E-state index is 6.29. The van der Waals surface area contributed by atoms with Gasteiger partial charge in [0.1, 0.15) is 5.82 Å². The molecule has 0 unspecified atom stereocenters. The van der Waals surface area contributed by atoms with Crippen molar-refractivity contribution in [3.05, 3.63) is 46.4 Å². The van der Waals surface area contributed by atoms with E-state index in [0.29, 0.717) is 15.7 Å². The molecule has 1 aromatic heterocycles. The molecule has 0 atom stereocenters. The Balaban J connectivity index is 2.30. The fraction of sp³-hybridized carbons (Fsp3) is 0.133. The molecule has 0 bridgehead atoms. The van der Waals surface area contributed by atoms with Crippen LogP contribution < -0.4 is 5.73 Å². The second-order valence-electron chi connectivity index (χ2n) is 4.52. The van der Waals surface area contributed by atoms with Crippen molar-refractivity contribution in [1.29, 1.82) is 0 Å². The summed E-state index contributed by atoms with van der Waals surface area (Å²) in [5.74, 6) is 0.845. The Morgan fingerprint density at radius 3 is 2.65 bits per heavy atom. The molecular formula is C15H13Cl2N3. The minimum atomic E-state index is 0.531. The SMILES string of the molecule is CCn1c(-c2ccc(N)c(Cl)c2)nc2cccc(Cl)c21. The summed E-state index contributed by atoms with van der Waals surface area (Å²) in [6.45, 7) is 2.84. The molecule has 20 heavy (non-hydrogen) atoms. The van der Waals surface area contributed by atoms with Gasteiger partial charge in [0.05, 0.1) is 26.8 Å². The molecule has 0 aliphatic carbocycles. The van der Waals surface area contributed by atoms with Crippen LogP contribution in [0, 0.1) is 0 Å². The Bertz CT molecular complexity index is 793. The number of nitrogen functional groups attached to an aromatic ring is 1. The third-order valence-corrected chi connectivity index (χ3v) is 3.92. The molecule has 1 heterocycles. The van der Waals surface area contributed by atoms with Crippen molar-refractivity contribution in [3.63, 3.8) is 0 Å². The van der Waals surface area contributed by atoms with Crippen molar-refractivity contribution < 1.29 is 0 Å². The lowest BCUT2D eigenvalue weighted by Crippen LogP contribution is -1.98. The first-order chi connectivity index (χ1) is 9.61. The summed E-state index contributed by atoms with van der Waals surface area (Å²) in [5.41, 5.74) is 9.07. The van der Waals surface area contributed by atoms with Crippen LogP contribution in [-0.4, -0.2) is 9.55 Å². The van der Waals surface area contributed by atoms with Gasteiger partial charge in [-0.05, 0) is 37.3 Å². The van der Waals surface area contributed by atoms with E-state index in [1.807, 2.05) is 30.3 Å². The highest BCUT2D eigenvalue weighted by molar-refractivity contribution is 6.35. The number of aromatic nitrogens is 2. The number of rotatable bonds is 2. The molecule has 0 fully saturated rings. The van der Waals surface area contributed by atoms with E-state index in [0.717, 1.165) is 29.0 Å². The van der Waals surface area contributed by atoms with Crippen molar-refractivity contribution in [2.24, 2.45) is 0 Å². The summed E-state index contributed by atoms with van der Waals surface area (Å²) in [6, 6.07) is 11.3. The smallest absolute Gasteiger partial charge is 0.141 e. The van der Waals surface area contributed by atoms with Crippen molar-refractivity contribution in [1.82, 2.24) is 9.55 Å². The van der Waals surface area contributed by atoms with E-state index in [-0.39, 0.29) is 0 Å². The van der Waals surface area contributed by atoms with Gasteiger partial charge in [-0.1, -0.05) is 29.3 Å². The lowest BCUT2D eigenvalue weighted by Gasteiger charge is -2.08. The first-order valence-electron chi connectivity index (χ1n) is 6.32. The predicted molar refractivity (Wildman–Crippen MR) is 85.3 cm³/mol. The molecule has 0 spiro atoms. The van der Waals surface area contributed by atoms with Crippen LogP contribution in [0.2, 0.25) is 10.0 Å². The van der Waals surface area contributed by atoms with Gasteiger partial charge in [-0.2, -0.15) is 0 Å². The van der Waals surface area contributed by atoms with Crippen molar-refractivity contribution in [3.8, 4) is 11.4 Å². The molecule has 102 valence electrons. The summed E-state index contributed by atoms with van der Waals surface area (Å²) in [5, 5.41) is 1.23. The van der Waals surface area contributed by atoms with Crippen LogP contribution in [0.15, 0.2) is 36.4 Å². The van der Waals surface area contributed by atoms with E-state index in [1.165, 1.54) is 0 Å². The van der Waals surface area contributed by atoms with Crippen LogP contribution in [0.3, 0.4) is 0 Å². The molecular weight excluding hydrogens is 293 g/mol. The molecule has 2 aromatic carbocycles. The largest absolute Gasteiger partial charge is 0.398 e. The van der Waals surface area contributed by atoms with Crippen molar-refractivity contribution >= 4 is 39.9 Å². The number of hydrogen-bond donors (Lipinski definition) is 1. The Morgan fingerprint density at radius 1 is 1.15 bits per heavy atom. The standard InChI is InChI=1S/C15H13Cl2N3/c1-2-20-14-10(16)4-3-5-13(14)19-15(20)9-6-7-12(18)11(17)8-9/h3-8H,2,18H2,1H3. The number of aryl methyl sites for hydroxylation is 1. The van der Waals surface area contributed by atoms with Gasteiger partial charge >= 0.3 is 0 Å². The van der Waals surface area contributed by atoms with Crippen molar-refractivity contribution in [2.75, 3.05) is 5.73 Å². The zero-order valence-corrected chi connectivity index (χ0v) is 12.4. The third kappa shape index (κ3) is 2.03. The molecule has 5 heteroatoms. The van der Waals surface area contributed by atoms with Crippen LogP contribution in [0.1, 0.15) is 6.92 Å². The number of benzene rings is 2. The lowest BCUT2D eigenvalue weighted by molar-refractivity contribution is 0.796. The Morgan fingerprint density at radius 2 is 1.95 bits per heavy atom. The van der Waals surface area contributed by atoms with Crippen LogP contribution in [0.5, 0.6) is 0 Å². The number of halogens is 2. The van der Waals surface area contributed by atoms with E-state index in [2.05, 4.69) is 16.5 Å². The number of fused-ring (bicyclic) bond motifs is 1. The monoisotopic (exact) mass is 305 g/mol. The second kappa shape index (κ2) is 5.00. The zero-order chi connectivity index (χ0) is 14.3. The van der Waals surface area contributed by atoms with Gasteiger partial charge in [-0.3, -0.25) is 0 Å². The normalized spacial score (nSPS) is 11.2. The number of hydrogen-bond acceptors (Lipinski definition) is 2. The minimum absolute atomic E-state index is 0.531. The van der Waals surface area contributed by atoms with Gasteiger partial charge in [-0.25, -0.2) is 4.98 Å². The fourth-order valence-corrected chi connectivity index (χ4v) is 2.79. The lowest BCUT2D eigenvalue weighted by atomic mass is 10.2. The van der Waals surface area contributed by atoms with Gasteiger partial charge in [0, 0.05) is 12.1 Å². The Kier molecular flexibility index (Phi) is 3.32. The van der Waals surface area contributed by atoms with Crippen LogP contribution in [-0.2, 0) is 6.54 Å². The molecule has 3 aromatic rings. The average Bonchev–Trinajstić information content (AvgIpc) is 2.82. The Hall–Kier alpha value is -1.71. The summed E-state index contributed by atoms with van der Waals surface area (Å²) in [4.78, 5) is 4.66. The third-order valence-electron chi connectivity index (χ3n) is 3.29.